The van der Waals surface area contributed by atoms with Crippen LogP contribution in [0, 0.1) is 0 Å². The highest BCUT2D eigenvalue weighted by Gasteiger charge is 2.26. The summed E-state index contributed by atoms with van der Waals surface area (Å²) >= 11 is 5.89. The summed E-state index contributed by atoms with van der Waals surface area (Å²) in [6, 6.07) is 4.05. The van der Waals surface area contributed by atoms with Crippen LogP contribution in [0.2, 0.25) is 5.02 Å². The van der Waals surface area contributed by atoms with Crippen LogP contribution in [-0.4, -0.2) is 49.8 Å². The maximum atomic E-state index is 12.6. The Labute approximate surface area is 156 Å². The van der Waals surface area contributed by atoms with Gasteiger partial charge in [0.2, 0.25) is 0 Å². The standard InChI is InChI=1S/C16H21ClF2N2O3.ClH/c17-11-2-3-14(24-16(18)19)13(10-11)15(22)21-7-4-12(5-8-21)23-9-1-6-20;/h2-3,10,12,16H,1,4-9,20H2;1H. The molecule has 1 aliphatic heterocycles. The highest BCUT2D eigenvalue weighted by atomic mass is 35.5. The topological polar surface area (TPSA) is 64.8 Å². The Kier molecular flexibility index (Phi) is 9.42. The first kappa shape index (κ1) is 21.9. The number of rotatable bonds is 7. The molecule has 1 aliphatic rings. The average Bonchev–Trinajstić information content (AvgIpc) is 2.56. The Balaban J connectivity index is 0.00000312. The van der Waals surface area contributed by atoms with Gasteiger partial charge >= 0.3 is 6.61 Å². The summed E-state index contributed by atoms with van der Waals surface area (Å²) in [6.07, 6.45) is 2.29. The van der Waals surface area contributed by atoms with Crippen LogP contribution in [0.15, 0.2) is 18.2 Å². The Morgan fingerprint density at radius 2 is 2.04 bits per heavy atom. The van der Waals surface area contributed by atoms with Crippen molar-refractivity contribution in [1.29, 1.82) is 0 Å². The largest absolute Gasteiger partial charge is 0.434 e. The number of alkyl halides is 2. The average molecular weight is 399 g/mol. The van der Waals surface area contributed by atoms with Gasteiger partial charge in [-0.05, 0) is 44.0 Å². The number of benzene rings is 1. The number of likely N-dealkylation sites (tertiary alicyclic amines) is 1. The van der Waals surface area contributed by atoms with Gasteiger partial charge in [-0.2, -0.15) is 8.78 Å². The first-order chi connectivity index (χ1) is 11.5. The number of ether oxygens (including phenoxy) is 2. The summed E-state index contributed by atoms with van der Waals surface area (Å²) < 4.78 is 35.1. The molecule has 25 heavy (non-hydrogen) atoms. The third-order valence-corrected chi connectivity index (χ3v) is 4.05. The van der Waals surface area contributed by atoms with E-state index in [0.717, 1.165) is 6.42 Å². The van der Waals surface area contributed by atoms with Crippen molar-refractivity contribution in [3.05, 3.63) is 28.8 Å². The molecule has 0 bridgehead atoms. The Hall–Kier alpha value is -1.15. The number of carbonyl (C=O) groups is 1. The Bertz CT molecular complexity index is 556. The summed E-state index contributed by atoms with van der Waals surface area (Å²) in [5.41, 5.74) is 5.47. The van der Waals surface area contributed by atoms with E-state index in [9.17, 15) is 13.6 Å². The van der Waals surface area contributed by atoms with Crippen molar-refractivity contribution >= 4 is 29.9 Å². The van der Waals surface area contributed by atoms with Crippen molar-refractivity contribution in [3.8, 4) is 5.75 Å². The first-order valence-electron chi connectivity index (χ1n) is 7.86. The minimum Gasteiger partial charge on any atom is -0.434 e. The van der Waals surface area contributed by atoms with E-state index in [4.69, 9.17) is 22.1 Å². The van der Waals surface area contributed by atoms with Gasteiger partial charge in [0.1, 0.15) is 5.75 Å². The van der Waals surface area contributed by atoms with E-state index in [1.807, 2.05) is 0 Å². The molecule has 0 unspecified atom stereocenters. The molecule has 9 heteroatoms. The van der Waals surface area contributed by atoms with Crippen LogP contribution in [0.3, 0.4) is 0 Å². The van der Waals surface area contributed by atoms with Crippen LogP contribution in [0.25, 0.3) is 0 Å². The van der Waals surface area contributed by atoms with Gasteiger partial charge in [-0.25, -0.2) is 0 Å². The maximum Gasteiger partial charge on any atom is 0.387 e. The lowest BCUT2D eigenvalue weighted by Crippen LogP contribution is -2.41. The quantitative estimate of drug-likeness (QED) is 0.715. The normalized spacial score (nSPS) is 15.2. The van der Waals surface area contributed by atoms with Crippen LogP contribution in [0.1, 0.15) is 29.6 Å². The monoisotopic (exact) mass is 398 g/mol. The van der Waals surface area contributed by atoms with Crippen molar-refractivity contribution in [1.82, 2.24) is 4.90 Å². The van der Waals surface area contributed by atoms with Gasteiger partial charge in [-0.3, -0.25) is 4.79 Å². The summed E-state index contributed by atoms with van der Waals surface area (Å²) in [5.74, 6) is -0.533. The molecular weight excluding hydrogens is 377 g/mol. The van der Waals surface area contributed by atoms with Gasteiger partial charge in [0.05, 0.1) is 11.7 Å². The van der Waals surface area contributed by atoms with Gasteiger partial charge in [0.15, 0.2) is 0 Å². The molecule has 2 rings (SSSR count). The van der Waals surface area contributed by atoms with E-state index < -0.39 is 6.61 Å². The number of piperidine rings is 1. The second-order valence-electron chi connectivity index (χ2n) is 5.52. The van der Waals surface area contributed by atoms with Gasteiger partial charge in [0, 0.05) is 24.7 Å². The van der Waals surface area contributed by atoms with E-state index in [-0.39, 0.29) is 35.7 Å². The number of hydrogen-bond donors (Lipinski definition) is 1. The van der Waals surface area contributed by atoms with Crippen molar-refractivity contribution < 1.29 is 23.0 Å². The molecule has 0 aromatic heterocycles. The van der Waals surface area contributed by atoms with Crippen LogP contribution in [0.4, 0.5) is 8.78 Å². The fourth-order valence-corrected chi connectivity index (χ4v) is 2.77. The van der Waals surface area contributed by atoms with Crippen LogP contribution in [-0.2, 0) is 4.74 Å². The second kappa shape index (κ2) is 10.8. The molecule has 1 saturated heterocycles. The molecular formula is C16H22Cl2F2N2O3. The lowest BCUT2D eigenvalue weighted by atomic mass is 10.1. The van der Waals surface area contributed by atoms with Crippen LogP contribution < -0.4 is 10.5 Å². The third-order valence-electron chi connectivity index (χ3n) is 3.82. The number of carbonyl (C=O) groups excluding carboxylic acids is 1. The van der Waals surface area contributed by atoms with Crippen LogP contribution in [0.5, 0.6) is 5.75 Å². The molecule has 0 atom stereocenters. The van der Waals surface area contributed by atoms with Crippen LogP contribution >= 0.6 is 24.0 Å². The second-order valence-corrected chi connectivity index (χ2v) is 5.96. The van der Waals surface area contributed by atoms with Crippen molar-refractivity contribution in [2.45, 2.75) is 32.0 Å². The number of hydrogen-bond acceptors (Lipinski definition) is 4. The highest BCUT2D eigenvalue weighted by molar-refractivity contribution is 6.31. The van der Waals surface area contributed by atoms with E-state index >= 15 is 0 Å². The summed E-state index contributed by atoms with van der Waals surface area (Å²) in [4.78, 5) is 14.2. The van der Waals surface area contributed by atoms with Crippen molar-refractivity contribution in [2.75, 3.05) is 26.2 Å². The maximum absolute atomic E-state index is 12.6. The molecule has 0 radical (unpaired) electrons. The molecule has 1 fully saturated rings. The smallest absolute Gasteiger partial charge is 0.387 e. The van der Waals surface area contributed by atoms with E-state index in [1.165, 1.54) is 18.2 Å². The Morgan fingerprint density at radius 1 is 1.36 bits per heavy atom. The van der Waals surface area contributed by atoms with Gasteiger partial charge in [-0.15, -0.1) is 12.4 Å². The third kappa shape index (κ3) is 6.58. The molecule has 1 aromatic rings. The number of nitrogens with two attached hydrogens (primary N) is 1. The number of halogens is 4. The fraction of sp³-hybridized carbons (Fsp3) is 0.562. The molecule has 5 nitrogen and oxygen atoms in total. The van der Waals surface area contributed by atoms with Gasteiger partial charge < -0.3 is 20.1 Å². The van der Waals surface area contributed by atoms with Gasteiger partial charge in [-0.1, -0.05) is 11.6 Å². The molecule has 2 N–H and O–H groups in total. The first-order valence-corrected chi connectivity index (χ1v) is 8.24. The lowest BCUT2D eigenvalue weighted by molar-refractivity contribution is -0.0503. The number of nitrogens with zero attached hydrogens (tertiary/aromatic N) is 1. The predicted octanol–water partition coefficient (Wildman–Crippen LogP) is 3.33. The van der Waals surface area contributed by atoms with Crippen molar-refractivity contribution in [3.63, 3.8) is 0 Å². The summed E-state index contributed by atoms with van der Waals surface area (Å²) in [7, 11) is 0. The summed E-state index contributed by atoms with van der Waals surface area (Å²) in [5, 5.41) is 0.292. The SMILES string of the molecule is Cl.NCCCOC1CCN(C(=O)c2cc(Cl)ccc2OC(F)F)CC1. The van der Waals surface area contributed by atoms with E-state index in [1.54, 1.807) is 4.90 Å². The zero-order valence-corrected chi connectivity index (χ0v) is 15.2. The molecule has 142 valence electrons. The van der Waals surface area contributed by atoms with E-state index in [2.05, 4.69) is 4.74 Å². The lowest BCUT2D eigenvalue weighted by Gasteiger charge is -2.32. The summed E-state index contributed by atoms with van der Waals surface area (Å²) in [6.45, 7) is -0.826. The minimum absolute atomic E-state index is 0. The number of amides is 1. The highest BCUT2D eigenvalue weighted by Crippen LogP contribution is 2.27. The molecule has 0 saturated carbocycles. The molecule has 1 heterocycles. The van der Waals surface area contributed by atoms with Crippen molar-refractivity contribution in [2.24, 2.45) is 5.73 Å². The predicted molar refractivity (Wildman–Crippen MR) is 93.9 cm³/mol. The van der Waals surface area contributed by atoms with Gasteiger partial charge in [0.25, 0.3) is 5.91 Å². The molecule has 1 amide bonds. The Morgan fingerprint density at radius 3 is 2.64 bits per heavy atom. The molecule has 1 aromatic carbocycles. The molecule has 0 aliphatic carbocycles. The minimum atomic E-state index is -3.00. The molecule has 0 spiro atoms. The fourth-order valence-electron chi connectivity index (χ4n) is 2.60. The zero-order valence-electron chi connectivity index (χ0n) is 13.6. The van der Waals surface area contributed by atoms with E-state index in [0.29, 0.717) is 44.1 Å². The zero-order chi connectivity index (χ0) is 17.5.